The van der Waals surface area contributed by atoms with Crippen molar-refractivity contribution in [2.24, 2.45) is 0 Å². The molecule has 1 unspecified atom stereocenters. The number of benzene rings is 1. The van der Waals surface area contributed by atoms with Crippen molar-refractivity contribution in [2.45, 2.75) is 18.9 Å². The summed E-state index contributed by atoms with van der Waals surface area (Å²) in [5, 5.41) is 0. The third-order valence-electron chi connectivity index (χ3n) is 3.78. The van der Waals surface area contributed by atoms with Gasteiger partial charge in [0.1, 0.15) is 0 Å². The van der Waals surface area contributed by atoms with Crippen LogP contribution in [0.5, 0.6) is 0 Å². The lowest BCUT2D eigenvalue weighted by molar-refractivity contribution is 0.231. The molecule has 0 radical (unpaired) electrons. The van der Waals surface area contributed by atoms with Crippen molar-refractivity contribution in [2.75, 3.05) is 31.1 Å². The van der Waals surface area contributed by atoms with E-state index in [4.69, 9.17) is 0 Å². The van der Waals surface area contributed by atoms with Gasteiger partial charge in [0, 0.05) is 30.1 Å². The van der Waals surface area contributed by atoms with E-state index in [1.165, 1.54) is 49.2 Å². The third-order valence-corrected chi connectivity index (χ3v) is 4.45. The number of piperazine rings is 1. The Morgan fingerprint density at radius 3 is 2.88 bits per heavy atom. The number of anilines is 1. The van der Waals surface area contributed by atoms with E-state index in [2.05, 4.69) is 50.0 Å². The Morgan fingerprint density at radius 1 is 1.12 bits per heavy atom. The van der Waals surface area contributed by atoms with E-state index in [0.717, 1.165) is 6.04 Å². The zero-order valence-corrected chi connectivity index (χ0v) is 11.0. The molecule has 2 saturated heterocycles. The summed E-state index contributed by atoms with van der Waals surface area (Å²) in [6, 6.07) is 9.35. The quantitative estimate of drug-likeness (QED) is 0.781. The molecule has 0 spiro atoms. The Kier molecular flexibility index (Phi) is 2.90. The minimum absolute atomic E-state index is 0.792. The Morgan fingerprint density at radius 2 is 2.00 bits per heavy atom. The maximum atomic E-state index is 3.65. The topological polar surface area (TPSA) is 6.48 Å². The summed E-state index contributed by atoms with van der Waals surface area (Å²) in [5.41, 5.74) is 1.36. The smallest absolute Gasteiger partial charge is 0.0511 e. The fourth-order valence-corrected chi connectivity index (χ4v) is 3.45. The number of para-hydroxylation sites is 1. The van der Waals surface area contributed by atoms with Crippen LogP contribution in [0.1, 0.15) is 12.8 Å². The second-order valence-electron chi connectivity index (χ2n) is 4.73. The van der Waals surface area contributed by atoms with E-state index < -0.39 is 0 Å². The average Bonchev–Trinajstić information content (AvgIpc) is 2.76. The number of hydrogen-bond donors (Lipinski definition) is 0. The summed E-state index contributed by atoms with van der Waals surface area (Å²) >= 11 is 3.65. The molecular formula is C13H17BrN2. The molecule has 0 N–H and O–H groups in total. The van der Waals surface area contributed by atoms with E-state index in [9.17, 15) is 0 Å². The molecule has 1 atom stereocenters. The standard InChI is InChI=1S/C13H17BrN2/c14-12-5-1-2-6-13(12)16-9-8-15-7-3-4-11(15)10-16/h1-2,5-6,11H,3-4,7-10H2. The minimum atomic E-state index is 0.792. The summed E-state index contributed by atoms with van der Waals surface area (Å²) in [5.74, 6) is 0. The average molecular weight is 281 g/mol. The van der Waals surface area contributed by atoms with Gasteiger partial charge < -0.3 is 4.90 Å². The molecule has 3 rings (SSSR count). The molecule has 0 aromatic heterocycles. The molecule has 0 bridgehead atoms. The molecule has 2 aliphatic rings. The predicted molar refractivity (Wildman–Crippen MR) is 71.0 cm³/mol. The van der Waals surface area contributed by atoms with Crippen LogP contribution in [-0.4, -0.2) is 37.1 Å². The SMILES string of the molecule is Brc1ccccc1N1CCN2CCCC2C1. The van der Waals surface area contributed by atoms with Crippen LogP contribution in [0.3, 0.4) is 0 Å². The third kappa shape index (κ3) is 1.87. The molecule has 0 aliphatic carbocycles. The first-order valence-corrected chi connectivity index (χ1v) is 6.87. The van der Waals surface area contributed by atoms with Crippen molar-refractivity contribution in [1.82, 2.24) is 4.90 Å². The molecular weight excluding hydrogens is 264 g/mol. The van der Waals surface area contributed by atoms with Crippen LogP contribution in [0.15, 0.2) is 28.7 Å². The summed E-state index contributed by atoms with van der Waals surface area (Å²) in [7, 11) is 0. The highest BCUT2D eigenvalue weighted by molar-refractivity contribution is 9.10. The summed E-state index contributed by atoms with van der Waals surface area (Å²) in [4.78, 5) is 5.17. The van der Waals surface area contributed by atoms with Crippen LogP contribution in [0.25, 0.3) is 0 Å². The molecule has 16 heavy (non-hydrogen) atoms. The molecule has 2 aliphatic heterocycles. The lowest BCUT2D eigenvalue weighted by Crippen LogP contribution is -2.50. The van der Waals surface area contributed by atoms with Gasteiger partial charge in [-0.25, -0.2) is 0 Å². The van der Waals surface area contributed by atoms with Gasteiger partial charge in [-0.05, 0) is 47.4 Å². The van der Waals surface area contributed by atoms with Gasteiger partial charge in [0.2, 0.25) is 0 Å². The zero-order chi connectivity index (χ0) is 11.0. The van der Waals surface area contributed by atoms with Gasteiger partial charge in [-0.1, -0.05) is 12.1 Å². The Balaban J connectivity index is 1.79. The molecule has 0 saturated carbocycles. The molecule has 1 aromatic carbocycles. The highest BCUT2D eigenvalue weighted by Gasteiger charge is 2.30. The molecule has 1 aromatic rings. The molecule has 86 valence electrons. The zero-order valence-electron chi connectivity index (χ0n) is 9.40. The van der Waals surface area contributed by atoms with E-state index >= 15 is 0 Å². The minimum Gasteiger partial charge on any atom is -0.368 e. The number of hydrogen-bond acceptors (Lipinski definition) is 2. The molecule has 2 nitrogen and oxygen atoms in total. The van der Waals surface area contributed by atoms with Crippen LogP contribution in [0.4, 0.5) is 5.69 Å². The lowest BCUT2D eigenvalue weighted by atomic mass is 10.1. The Labute approximate surface area is 105 Å². The van der Waals surface area contributed by atoms with E-state index in [0.29, 0.717) is 0 Å². The second kappa shape index (κ2) is 4.38. The number of rotatable bonds is 1. The van der Waals surface area contributed by atoms with Crippen LogP contribution in [0.2, 0.25) is 0 Å². The number of fused-ring (bicyclic) bond motifs is 1. The maximum Gasteiger partial charge on any atom is 0.0511 e. The maximum absolute atomic E-state index is 3.65. The van der Waals surface area contributed by atoms with Crippen molar-refractivity contribution in [1.29, 1.82) is 0 Å². The van der Waals surface area contributed by atoms with Crippen molar-refractivity contribution < 1.29 is 0 Å². The molecule has 0 amide bonds. The second-order valence-corrected chi connectivity index (χ2v) is 5.58. The van der Waals surface area contributed by atoms with E-state index in [1.54, 1.807) is 0 Å². The summed E-state index contributed by atoms with van der Waals surface area (Å²) < 4.78 is 1.22. The van der Waals surface area contributed by atoms with Crippen molar-refractivity contribution in [3.63, 3.8) is 0 Å². The van der Waals surface area contributed by atoms with Crippen molar-refractivity contribution in [3.8, 4) is 0 Å². The molecule has 2 fully saturated rings. The van der Waals surface area contributed by atoms with Crippen LogP contribution < -0.4 is 4.90 Å². The number of halogens is 1. The first kappa shape index (κ1) is 10.6. The van der Waals surface area contributed by atoms with Gasteiger partial charge in [0.25, 0.3) is 0 Å². The normalized spacial score (nSPS) is 25.8. The van der Waals surface area contributed by atoms with Gasteiger partial charge >= 0.3 is 0 Å². The highest BCUT2D eigenvalue weighted by Crippen LogP contribution is 2.30. The van der Waals surface area contributed by atoms with E-state index in [1.807, 2.05) is 0 Å². The molecule has 2 heterocycles. The summed E-state index contributed by atoms with van der Waals surface area (Å²) in [6.45, 7) is 4.90. The lowest BCUT2D eigenvalue weighted by Gasteiger charge is -2.39. The predicted octanol–water partition coefficient (Wildman–Crippen LogP) is 2.73. The molecule has 3 heteroatoms. The van der Waals surface area contributed by atoms with E-state index in [-0.39, 0.29) is 0 Å². The Bertz CT molecular complexity index is 380. The summed E-state index contributed by atoms with van der Waals surface area (Å²) in [6.07, 6.45) is 2.76. The fourth-order valence-electron chi connectivity index (χ4n) is 2.92. The van der Waals surface area contributed by atoms with Gasteiger partial charge in [-0.15, -0.1) is 0 Å². The first-order chi connectivity index (χ1) is 7.84. The highest BCUT2D eigenvalue weighted by atomic mass is 79.9. The van der Waals surface area contributed by atoms with Gasteiger partial charge in [0.15, 0.2) is 0 Å². The Hall–Kier alpha value is -0.540. The fraction of sp³-hybridized carbons (Fsp3) is 0.538. The van der Waals surface area contributed by atoms with Crippen LogP contribution in [0, 0.1) is 0 Å². The largest absolute Gasteiger partial charge is 0.368 e. The van der Waals surface area contributed by atoms with Gasteiger partial charge in [0.05, 0.1) is 5.69 Å². The van der Waals surface area contributed by atoms with Crippen LogP contribution in [-0.2, 0) is 0 Å². The van der Waals surface area contributed by atoms with Crippen LogP contribution >= 0.6 is 15.9 Å². The monoisotopic (exact) mass is 280 g/mol. The van der Waals surface area contributed by atoms with Gasteiger partial charge in [-0.2, -0.15) is 0 Å². The van der Waals surface area contributed by atoms with Gasteiger partial charge in [-0.3, -0.25) is 4.90 Å². The number of nitrogens with zero attached hydrogens (tertiary/aromatic N) is 2. The van der Waals surface area contributed by atoms with Crippen molar-refractivity contribution in [3.05, 3.63) is 28.7 Å². The first-order valence-electron chi connectivity index (χ1n) is 6.08. The van der Waals surface area contributed by atoms with Crippen molar-refractivity contribution >= 4 is 21.6 Å².